The van der Waals surface area contributed by atoms with Gasteiger partial charge in [-0.25, -0.2) is 0 Å². The molecule has 20 heavy (non-hydrogen) atoms. The van der Waals surface area contributed by atoms with Gasteiger partial charge >= 0.3 is 0 Å². The molecule has 2 rings (SSSR count). The maximum atomic E-state index is 5.84. The van der Waals surface area contributed by atoms with Gasteiger partial charge in [0.25, 0.3) is 0 Å². The number of hydrogen-bond acceptors (Lipinski definition) is 3. The summed E-state index contributed by atoms with van der Waals surface area (Å²) >= 11 is 0. The SMILES string of the molecule is CCCCCCNCCOc1cccc2ncccc12. The van der Waals surface area contributed by atoms with Crippen molar-refractivity contribution in [3.8, 4) is 5.75 Å². The summed E-state index contributed by atoms with van der Waals surface area (Å²) in [6.07, 6.45) is 7.01. The predicted molar refractivity (Wildman–Crippen MR) is 84.2 cm³/mol. The number of unbranched alkanes of at least 4 members (excludes halogenated alkanes) is 3. The van der Waals surface area contributed by atoms with Crippen molar-refractivity contribution in [1.29, 1.82) is 0 Å². The number of hydrogen-bond donors (Lipinski definition) is 1. The molecule has 3 heteroatoms. The first-order valence-electron chi connectivity index (χ1n) is 7.59. The Hall–Kier alpha value is -1.61. The highest BCUT2D eigenvalue weighted by Crippen LogP contribution is 2.23. The fourth-order valence-electron chi connectivity index (χ4n) is 2.24. The molecule has 0 aliphatic rings. The molecule has 3 nitrogen and oxygen atoms in total. The molecule has 1 aromatic heterocycles. The maximum absolute atomic E-state index is 5.84. The molecule has 0 atom stereocenters. The summed E-state index contributed by atoms with van der Waals surface area (Å²) in [5.41, 5.74) is 0.984. The highest BCUT2D eigenvalue weighted by Gasteiger charge is 2.01. The minimum absolute atomic E-state index is 0.696. The Morgan fingerprint density at radius 3 is 2.90 bits per heavy atom. The van der Waals surface area contributed by atoms with E-state index in [-0.39, 0.29) is 0 Å². The minimum atomic E-state index is 0.696. The van der Waals surface area contributed by atoms with Gasteiger partial charge in [-0.05, 0) is 37.2 Å². The number of rotatable bonds is 9. The van der Waals surface area contributed by atoms with E-state index >= 15 is 0 Å². The topological polar surface area (TPSA) is 34.1 Å². The molecule has 0 aliphatic heterocycles. The predicted octanol–water partition coefficient (Wildman–Crippen LogP) is 3.78. The standard InChI is InChI=1S/C17H24N2O/c1-2-3-4-5-11-18-13-14-20-17-10-6-9-16-15(17)8-7-12-19-16/h6-10,12,18H,2-5,11,13-14H2,1H3. The van der Waals surface area contributed by atoms with Crippen LogP contribution in [0.5, 0.6) is 5.75 Å². The molecule has 2 aromatic rings. The quantitative estimate of drug-likeness (QED) is 0.705. The average Bonchev–Trinajstić information content (AvgIpc) is 2.50. The first kappa shape index (κ1) is 14.8. The highest BCUT2D eigenvalue weighted by molar-refractivity contribution is 5.84. The van der Waals surface area contributed by atoms with E-state index in [9.17, 15) is 0 Å². The molecule has 108 valence electrons. The van der Waals surface area contributed by atoms with Crippen LogP contribution in [-0.2, 0) is 0 Å². The average molecular weight is 272 g/mol. The molecule has 0 radical (unpaired) electrons. The Bertz CT molecular complexity index is 508. The Morgan fingerprint density at radius 1 is 1.05 bits per heavy atom. The van der Waals surface area contributed by atoms with Gasteiger partial charge in [0, 0.05) is 18.1 Å². The Kier molecular flexibility index (Phi) is 6.32. The van der Waals surface area contributed by atoms with Crippen LogP contribution in [-0.4, -0.2) is 24.7 Å². The summed E-state index contributed by atoms with van der Waals surface area (Å²) in [7, 11) is 0. The second-order valence-corrected chi connectivity index (χ2v) is 4.99. The van der Waals surface area contributed by atoms with Crippen LogP contribution in [0.1, 0.15) is 32.6 Å². The van der Waals surface area contributed by atoms with E-state index < -0.39 is 0 Å². The first-order valence-corrected chi connectivity index (χ1v) is 7.59. The van der Waals surface area contributed by atoms with Gasteiger partial charge in [-0.1, -0.05) is 32.3 Å². The normalized spacial score (nSPS) is 10.8. The van der Waals surface area contributed by atoms with Crippen LogP contribution < -0.4 is 10.1 Å². The van der Waals surface area contributed by atoms with Gasteiger partial charge in [-0.2, -0.15) is 0 Å². The molecule has 0 saturated carbocycles. The van der Waals surface area contributed by atoms with Crippen molar-refractivity contribution >= 4 is 10.9 Å². The van der Waals surface area contributed by atoms with Crippen molar-refractivity contribution in [2.75, 3.05) is 19.7 Å². The van der Waals surface area contributed by atoms with Gasteiger partial charge in [0.15, 0.2) is 0 Å². The van der Waals surface area contributed by atoms with Crippen LogP contribution in [0, 0.1) is 0 Å². The maximum Gasteiger partial charge on any atom is 0.128 e. The van der Waals surface area contributed by atoms with E-state index in [1.165, 1.54) is 25.7 Å². The molecule has 1 N–H and O–H groups in total. The van der Waals surface area contributed by atoms with Gasteiger partial charge in [0.1, 0.15) is 12.4 Å². The Morgan fingerprint density at radius 2 is 2.00 bits per heavy atom. The summed E-state index contributed by atoms with van der Waals surface area (Å²) in [4.78, 5) is 4.33. The molecule has 0 unspecified atom stereocenters. The van der Waals surface area contributed by atoms with E-state index in [4.69, 9.17) is 4.74 Å². The number of ether oxygens (including phenoxy) is 1. The number of nitrogens with one attached hydrogen (secondary N) is 1. The van der Waals surface area contributed by atoms with E-state index in [1.807, 2.05) is 30.5 Å². The van der Waals surface area contributed by atoms with Crippen molar-refractivity contribution in [2.24, 2.45) is 0 Å². The molecule has 1 heterocycles. The zero-order chi connectivity index (χ0) is 14.0. The second-order valence-electron chi connectivity index (χ2n) is 4.99. The monoisotopic (exact) mass is 272 g/mol. The van der Waals surface area contributed by atoms with Gasteiger partial charge in [0.2, 0.25) is 0 Å². The van der Waals surface area contributed by atoms with Gasteiger partial charge in [-0.3, -0.25) is 4.98 Å². The Labute approximate surface area is 121 Å². The van der Waals surface area contributed by atoms with Crippen molar-refractivity contribution in [3.05, 3.63) is 36.5 Å². The third kappa shape index (κ3) is 4.49. The molecular weight excluding hydrogens is 248 g/mol. The van der Waals surface area contributed by atoms with Crippen molar-refractivity contribution in [1.82, 2.24) is 10.3 Å². The van der Waals surface area contributed by atoms with Crippen LogP contribution in [0.3, 0.4) is 0 Å². The minimum Gasteiger partial charge on any atom is -0.492 e. The number of fused-ring (bicyclic) bond motifs is 1. The van der Waals surface area contributed by atoms with Crippen LogP contribution in [0.25, 0.3) is 10.9 Å². The van der Waals surface area contributed by atoms with E-state index in [0.29, 0.717) is 6.61 Å². The summed E-state index contributed by atoms with van der Waals surface area (Å²) < 4.78 is 5.84. The molecule has 0 saturated heterocycles. The van der Waals surface area contributed by atoms with Gasteiger partial charge in [0.05, 0.1) is 5.52 Å². The Balaban J connectivity index is 1.71. The molecular formula is C17H24N2O. The third-order valence-corrected chi connectivity index (χ3v) is 3.35. The molecule has 1 aromatic carbocycles. The summed E-state index contributed by atoms with van der Waals surface area (Å²) in [5, 5.41) is 4.50. The van der Waals surface area contributed by atoms with Crippen molar-refractivity contribution in [3.63, 3.8) is 0 Å². The lowest BCUT2D eigenvalue weighted by Gasteiger charge is -2.09. The van der Waals surface area contributed by atoms with Crippen LogP contribution in [0.15, 0.2) is 36.5 Å². The second kappa shape index (κ2) is 8.54. The highest BCUT2D eigenvalue weighted by atomic mass is 16.5. The van der Waals surface area contributed by atoms with Crippen molar-refractivity contribution in [2.45, 2.75) is 32.6 Å². The fourth-order valence-corrected chi connectivity index (χ4v) is 2.24. The van der Waals surface area contributed by atoms with Crippen LogP contribution >= 0.6 is 0 Å². The lowest BCUT2D eigenvalue weighted by atomic mass is 10.2. The number of benzene rings is 1. The zero-order valence-electron chi connectivity index (χ0n) is 12.3. The fraction of sp³-hybridized carbons (Fsp3) is 0.471. The molecule has 0 amide bonds. The number of pyridine rings is 1. The first-order chi connectivity index (χ1) is 9.92. The van der Waals surface area contributed by atoms with E-state index in [0.717, 1.165) is 29.7 Å². The largest absolute Gasteiger partial charge is 0.492 e. The summed E-state index contributed by atoms with van der Waals surface area (Å²) in [6.45, 7) is 4.91. The van der Waals surface area contributed by atoms with Crippen LogP contribution in [0.2, 0.25) is 0 Å². The molecule has 0 bridgehead atoms. The summed E-state index contributed by atoms with van der Waals surface area (Å²) in [5.74, 6) is 0.920. The number of nitrogens with zero attached hydrogens (tertiary/aromatic N) is 1. The number of aromatic nitrogens is 1. The molecule has 0 aliphatic carbocycles. The van der Waals surface area contributed by atoms with E-state index in [1.54, 1.807) is 0 Å². The van der Waals surface area contributed by atoms with Gasteiger partial charge in [-0.15, -0.1) is 0 Å². The third-order valence-electron chi connectivity index (χ3n) is 3.35. The smallest absolute Gasteiger partial charge is 0.128 e. The van der Waals surface area contributed by atoms with Gasteiger partial charge < -0.3 is 10.1 Å². The lowest BCUT2D eigenvalue weighted by molar-refractivity contribution is 0.317. The zero-order valence-corrected chi connectivity index (χ0v) is 12.3. The summed E-state index contributed by atoms with van der Waals surface area (Å²) in [6, 6.07) is 10.00. The molecule has 0 spiro atoms. The van der Waals surface area contributed by atoms with Crippen molar-refractivity contribution < 1.29 is 4.74 Å². The lowest BCUT2D eigenvalue weighted by Crippen LogP contribution is -2.22. The van der Waals surface area contributed by atoms with Crippen LogP contribution in [0.4, 0.5) is 0 Å². The molecule has 0 fully saturated rings. The van der Waals surface area contributed by atoms with E-state index in [2.05, 4.69) is 23.3 Å².